The maximum absolute atomic E-state index is 11.9. The number of primary sulfonamides is 1. The zero-order valence-electron chi connectivity index (χ0n) is 19.7. The Labute approximate surface area is 241 Å². The average molecular weight is 652 g/mol. The molecule has 0 bridgehead atoms. The van der Waals surface area contributed by atoms with Crippen LogP contribution in [0.5, 0.6) is 0 Å². The van der Waals surface area contributed by atoms with Crippen LogP contribution < -0.4 is 9.86 Å². The maximum Gasteiger partial charge on any atom is 0.335 e. The van der Waals surface area contributed by atoms with Gasteiger partial charge in [0.1, 0.15) is 0 Å². The van der Waals surface area contributed by atoms with Gasteiger partial charge in [-0.1, -0.05) is 23.2 Å². The minimum Gasteiger partial charge on any atom is -0.478 e. The van der Waals surface area contributed by atoms with Gasteiger partial charge in [-0.2, -0.15) is 0 Å². The fraction of sp³-hybridized carbons (Fsp3) is 0.273. The number of halogens is 2. The van der Waals surface area contributed by atoms with Gasteiger partial charge in [0.05, 0.1) is 36.5 Å². The van der Waals surface area contributed by atoms with E-state index in [1.165, 1.54) is 34.8 Å². The number of carboxylic acid groups (broad SMARTS) is 1. The minimum atomic E-state index is -3.52. The first-order valence-corrected chi connectivity index (χ1v) is 16.7. The molecule has 0 saturated heterocycles. The summed E-state index contributed by atoms with van der Waals surface area (Å²) in [5, 5.41) is 12.8. The molecule has 2 aromatic heterocycles. The summed E-state index contributed by atoms with van der Waals surface area (Å²) in [5.41, 5.74) is 1.97. The molecule has 2 aromatic carbocycles. The van der Waals surface area contributed by atoms with Crippen LogP contribution in [-0.4, -0.2) is 54.3 Å². The first kappa shape index (κ1) is 29.6. The lowest BCUT2D eigenvalue weighted by molar-refractivity contribution is 0.0696. The highest BCUT2D eigenvalue weighted by atomic mass is 35.5. The number of aromatic nitrogens is 2. The number of nitrogens with zero attached hydrogens (tertiary/aromatic N) is 2. The third-order valence-corrected chi connectivity index (χ3v) is 10.9. The SMILES string of the molecule is NS(=O)(=O)C1CC1.O=C(NS(=O)(=O)C1CC1)c1ccc2nc(Cl)sc2c1.O=C(O)c1ccc2nc(Cl)sc2c1. The molecule has 1 amide bonds. The Hall–Kier alpha value is -2.40. The summed E-state index contributed by atoms with van der Waals surface area (Å²) in [5.74, 6) is -1.55. The van der Waals surface area contributed by atoms with Crippen molar-refractivity contribution in [3.05, 3.63) is 56.5 Å². The standard InChI is InChI=1S/C11H9ClN2O3S2.C8H4ClNO2S.C3H7NO2S/c12-11-13-8-4-1-6(5-9(8)18-11)10(15)14-19(16,17)7-2-3-7;9-8-10-5-2-1-4(7(11)12)3-6(5)13-8;4-7(5,6)3-1-2-3/h1,4-5,7H,2-3H2,(H,14,15);1-3H,(H,11,12);3H,1-2H2,(H2,4,5,6). The molecule has 2 aliphatic carbocycles. The van der Waals surface area contributed by atoms with Gasteiger partial charge in [0, 0.05) is 5.56 Å². The fourth-order valence-corrected chi connectivity index (χ4v) is 7.35. The molecule has 0 aliphatic heterocycles. The van der Waals surface area contributed by atoms with E-state index in [9.17, 15) is 26.4 Å². The van der Waals surface area contributed by atoms with Crippen LogP contribution in [0.4, 0.5) is 0 Å². The molecule has 208 valence electrons. The highest BCUT2D eigenvalue weighted by molar-refractivity contribution is 7.91. The van der Waals surface area contributed by atoms with Crippen LogP contribution in [-0.2, 0) is 20.0 Å². The van der Waals surface area contributed by atoms with Gasteiger partial charge >= 0.3 is 5.97 Å². The molecule has 2 aliphatic rings. The van der Waals surface area contributed by atoms with Gasteiger partial charge in [0.2, 0.25) is 20.0 Å². The van der Waals surface area contributed by atoms with E-state index in [1.807, 2.05) is 0 Å². The highest BCUT2D eigenvalue weighted by Gasteiger charge is 2.37. The average Bonchev–Trinajstić information content (AvgIpc) is 3.75. The Kier molecular flexibility index (Phi) is 8.80. The summed E-state index contributed by atoms with van der Waals surface area (Å²) in [7, 11) is -6.65. The number of rotatable bonds is 5. The molecule has 0 unspecified atom stereocenters. The van der Waals surface area contributed by atoms with Gasteiger partial charge in [-0.05, 0) is 62.1 Å². The van der Waals surface area contributed by atoms with Crippen molar-refractivity contribution in [1.82, 2.24) is 14.7 Å². The molecule has 2 saturated carbocycles. The molecule has 6 rings (SSSR count). The Morgan fingerprint density at radius 1 is 0.846 bits per heavy atom. The number of fused-ring (bicyclic) bond motifs is 2. The fourth-order valence-electron chi connectivity index (χ4n) is 3.11. The summed E-state index contributed by atoms with van der Waals surface area (Å²) < 4.78 is 48.2. The third kappa shape index (κ3) is 8.06. The molecule has 39 heavy (non-hydrogen) atoms. The smallest absolute Gasteiger partial charge is 0.335 e. The second-order valence-corrected chi connectivity index (χ2v) is 15.6. The van der Waals surface area contributed by atoms with E-state index in [0.29, 0.717) is 27.3 Å². The number of hydrogen-bond donors (Lipinski definition) is 3. The van der Waals surface area contributed by atoms with E-state index in [1.54, 1.807) is 24.3 Å². The van der Waals surface area contributed by atoms with Crippen LogP contribution in [0.2, 0.25) is 8.93 Å². The number of aromatic carboxylic acids is 1. The van der Waals surface area contributed by atoms with Crippen LogP contribution in [0, 0.1) is 0 Å². The minimum absolute atomic E-state index is 0.201. The van der Waals surface area contributed by atoms with Crippen molar-refractivity contribution in [3.63, 3.8) is 0 Å². The van der Waals surface area contributed by atoms with Gasteiger partial charge in [-0.15, -0.1) is 22.7 Å². The first-order valence-electron chi connectivity index (χ1n) is 11.2. The number of nitrogens with one attached hydrogen (secondary N) is 1. The molecular formula is C22H20Cl2N4O7S4. The van der Waals surface area contributed by atoms with Crippen molar-refractivity contribution in [1.29, 1.82) is 0 Å². The Balaban J connectivity index is 0.000000152. The van der Waals surface area contributed by atoms with Gasteiger partial charge < -0.3 is 5.11 Å². The highest BCUT2D eigenvalue weighted by Crippen LogP contribution is 2.29. The predicted octanol–water partition coefficient (Wildman–Crippen LogP) is 4.26. The largest absolute Gasteiger partial charge is 0.478 e. The zero-order valence-corrected chi connectivity index (χ0v) is 24.5. The van der Waals surface area contributed by atoms with Gasteiger partial charge in [-0.3, -0.25) is 4.79 Å². The quantitative estimate of drug-likeness (QED) is 0.284. The normalized spacial score (nSPS) is 15.2. The molecule has 4 N–H and O–H groups in total. The van der Waals surface area contributed by atoms with Crippen molar-refractivity contribution in [2.24, 2.45) is 5.14 Å². The van der Waals surface area contributed by atoms with Crippen molar-refractivity contribution < 1.29 is 31.5 Å². The molecule has 0 atom stereocenters. The summed E-state index contributed by atoms with van der Waals surface area (Å²) in [6.45, 7) is 0. The Morgan fingerprint density at radius 2 is 1.31 bits per heavy atom. The van der Waals surface area contributed by atoms with Gasteiger partial charge in [0.15, 0.2) is 8.93 Å². The van der Waals surface area contributed by atoms with Crippen LogP contribution in [0.25, 0.3) is 20.4 Å². The first-order chi connectivity index (χ1) is 18.2. The van der Waals surface area contributed by atoms with Crippen molar-refractivity contribution >= 4 is 98.2 Å². The predicted molar refractivity (Wildman–Crippen MR) is 152 cm³/mol. The van der Waals surface area contributed by atoms with Crippen LogP contribution in [0.3, 0.4) is 0 Å². The van der Waals surface area contributed by atoms with E-state index >= 15 is 0 Å². The van der Waals surface area contributed by atoms with Crippen molar-refractivity contribution in [3.8, 4) is 0 Å². The zero-order chi connectivity index (χ0) is 28.5. The molecule has 11 nitrogen and oxygen atoms in total. The number of benzene rings is 2. The molecule has 17 heteroatoms. The Morgan fingerprint density at radius 3 is 1.72 bits per heavy atom. The molecule has 2 heterocycles. The molecule has 0 radical (unpaired) electrons. The summed E-state index contributed by atoms with van der Waals surface area (Å²) >= 11 is 14.0. The third-order valence-electron chi connectivity index (χ3n) is 5.42. The van der Waals surface area contributed by atoms with Crippen molar-refractivity contribution in [2.75, 3.05) is 0 Å². The number of nitrogens with two attached hydrogens (primary N) is 1. The van der Waals surface area contributed by atoms with E-state index in [2.05, 4.69) is 14.7 Å². The summed E-state index contributed by atoms with van der Waals surface area (Å²) in [6.07, 6.45) is 2.76. The van der Waals surface area contributed by atoms with Crippen molar-refractivity contribution in [2.45, 2.75) is 36.2 Å². The number of thiazole rings is 2. The van der Waals surface area contributed by atoms with Gasteiger partial charge in [0.25, 0.3) is 5.91 Å². The van der Waals surface area contributed by atoms with E-state index in [4.69, 9.17) is 33.4 Å². The van der Waals surface area contributed by atoms with Crippen LogP contribution >= 0.6 is 45.9 Å². The molecule has 2 fully saturated rings. The molecule has 0 spiro atoms. The summed E-state index contributed by atoms with van der Waals surface area (Å²) in [4.78, 5) is 30.6. The number of sulfonamides is 2. The second-order valence-electron chi connectivity index (χ2n) is 8.57. The lowest BCUT2D eigenvalue weighted by Gasteiger charge is -2.05. The van der Waals surface area contributed by atoms with Crippen LogP contribution in [0.1, 0.15) is 46.4 Å². The number of amides is 1. The lowest BCUT2D eigenvalue weighted by atomic mass is 10.2. The summed E-state index contributed by atoms with van der Waals surface area (Å²) in [6, 6.07) is 9.52. The van der Waals surface area contributed by atoms with E-state index in [0.717, 1.165) is 27.8 Å². The Bertz CT molecular complexity index is 1780. The molecule has 4 aromatic rings. The van der Waals surface area contributed by atoms with Crippen LogP contribution in [0.15, 0.2) is 36.4 Å². The number of hydrogen-bond acceptors (Lipinski definition) is 10. The monoisotopic (exact) mass is 650 g/mol. The maximum atomic E-state index is 11.9. The van der Waals surface area contributed by atoms with E-state index in [-0.39, 0.29) is 16.4 Å². The topological polar surface area (TPSA) is 186 Å². The molecular weight excluding hydrogens is 631 g/mol. The second kappa shape index (κ2) is 11.6. The number of carbonyl (C=O) groups is 2. The van der Waals surface area contributed by atoms with Gasteiger partial charge in [-0.25, -0.2) is 41.5 Å². The van der Waals surface area contributed by atoms with E-state index < -0.39 is 37.2 Å². The number of carbonyl (C=O) groups excluding carboxylic acids is 1. The lowest BCUT2D eigenvalue weighted by Crippen LogP contribution is -2.33. The number of carboxylic acids is 1.